The van der Waals surface area contributed by atoms with Crippen LogP contribution in [0.25, 0.3) is 11.4 Å². The van der Waals surface area contributed by atoms with E-state index >= 15 is 0 Å². The topological polar surface area (TPSA) is 72.5 Å². The summed E-state index contributed by atoms with van der Waals surface area (Å²) >= 11 is 0. The monoisotopic (exact) mass is 352 g/mol. The Kier molecular flexibility index (Phi) is 4.45. The highest BCUT2D eigenvalue weighted by Gasteiger charge is 2.27. The maximum absolute atomic E-state index is 12.7. The molecule has 134 valence electrons. The zero-order valence-corrected chi connectivity index (χ0v) is 14.5. The number of furan rings is 1. The summed E-state index contributed by atoms with van der Waals surface area (Å²) in [5, 5.41) is 2.96. The molecule has 2 aromatic heterocycles. The van der Waals surface area contributed by atoms with E-state index in [1.807, 2.05) is 54.2 Å². The third-order valence-corrected chi connectivity index (χ3v) is 4.41. The minimum absolute atomic E-state index is 0.151. The fraction of sp³-hybridized carbons (Fsp3) is 0.263. The molecule has 2 amide bonds. The molecule has 4 rings (SSSR count). The minimum atomic E-state index is -0.233. The summed E-state index contributed by atoms with van der Waals surface area (Å²) in [4.78, 5) is 18.7. The molecular weight excluding hydrogens is 332 g/mol. The fourth-order valence-corrected chi connectivity index (χ4v) is 3.06. The molecule has 1 saturated heterocycles. The van der Waals surface area contributed by atoms with Gasteiger partial charge in [0.25, 0.3) is 0 Å². The summed E-state index contributed by atoms with van der Waals surface area (Å²) in [6.07, 6.45) is 5.02. The molecule has 0 spiro atoms. The van der Waals surface area contributed by atoms with E-state index in [-0.39, 0.29) is 12.1 Å². The Morgan fingerprint density at radius 3 is 3.00 bits per heavy atom. The molecule has 1 fully saturated rings. The first-order valence-corrected chi connectivity index (χ1v) is 8.49. The van der Waals surface area contributed by atoms with Crippen LogP contribution in [0.1, 0.15) is 11.9 Å². The standard InChI is InChI=1S/C19H20N4O3/c1-22-8-7-20-18(22)14-4-2-5-15(12-14)21-19(24)23-9-11-26-17(13-23)16-6-3-10-25-16/h2-8,10,12,17H,9,11,13H2,1H3,(H,21,24). The average Bonchev–Trinajstić information content (AvgIpc) is 3.34. The van der Waals surface area contributed by atoms with Gasteiger partial charge in [0.15, 0.2) is 0 Å². The van der Waals surface area contributed by atoms with Gasteiger partial charge in [0.05, 0.1) is 19.4 Å². The van der Waals surface area contributed by atoms with Crippen molar-refractivity contribution in [2.24, 2.45) is 7.05 Å². The summed E-state index contributed by atoms with van der Waals surface area (Å²) in [6, 6.07) is 11.2. The number of morpholine rings is 1. The molecule has 1 unspecified atom stereocenters. The van der Waals surface area contributed by atoms with E-state index in [2.05, 4.69) is 10.3 Å². The fourth-order valence-electron chi connectivity index (χ4n) is 3.06. The van der Waals surface area contributed by atoms with E-state index in [0.717, 1.165) is 22.8 Å². The molecule has 1 N–H and O–H groups in total. The zero-order valence-electron chi connectivity index (χ0n) is 14.5. The van der Waals surface area contributed by atoms with E-state index < -0.39 is 0 Å². The largest absolute Gasteiger partial charge is 0.467 e. The lowest BCUT2D eigenvalue weighted by atomic mass is 10.2. The van der Waals surface area contributed by atoms with Crippen molar-refractivity contribution in [1.29, 1.82) is 0 Å². The predicted molar refractivity (Wildman–Crippen MR) is 96.6 cm³/mol. The summed E-state index contributed by atoms with van der Waals surface area (Å²) in [6.45, 7) is 1.48. The lowest BCUT2D eigenvalue weighted by Crippen LogP contribution is -2.44. The predicted octanol–water partition coefficient (Wildman–Crippen LogP) is 3.29. The number of carbonyl (C=O) groups is 1. The SMILES string of the molecule is Cn1ccnc1-c1cccc(NC(=O)N2CCOC(c3ccco3)C2)c1. The van der Waals surface area contributed by atoms with Crippen LogP contribution in [-0.2, 0) is 11.8 Å². The highest BCUT2D eigenvalue weighted by molar-refractivity contribution is 5.90. The number of benzene rings is 1. The summed E-state index contributed by atoms with van der Waals surface area (Å²) in [7, 11) is 1.94. The van der Waals surface area contributed by atoms with Gasteiger partial charge in [-0.1, -0.05) is 12.1 Å². The first-order chi connectivity index (χ1) is 12.7. The van der Waals surface area contributed by atoms with Crippen molar-refractivity contribution < 1.29 is 13.9 Å². The number of urea groups is 1. The normalized spacial score (nSPS) is 17.3. The number of aromatic nitrogens is 2. The molecule has 1 aliphatic rings. The van der Waals surface area contributed by atoms with Crippen molar-refractivity contribution in [1.82, 2.24) is 14.5 Å². The molecule has 3 aromatic rings. The summed E-state index contributed by atoms with van der Waals surface area (Å²) in [5.41, 5.74) is 1.68. The molecule has 1 atom stereocenters. The van der Waals surface area contributed by atoms with Crippen LogP contribution in [0.3, 0.4) is 0 Å². The molecule has 1 aliphatic heterocycles. The third-order valence-electron chi connectivity index (χ3n) is 4.41. The maximum Gasteiger partial charge on any atom is 0.322 e. The van der Waals surface area contributed by atoms with Crippen molar-refractivity contribution >= 4 is 11.7 Å². The molecule has 0 radical (unpaired) electrons. The van der Waals surface area contributed by atoms with Crippen molar-refractivity contribution in [3.05, 3.63) is 60.8 Å². The van der Waals surface area contributed by atoms with Crippen LogP contribution in [0.4, 0.5) is 10.5 Å². The molecule has 7 heteroatoms. The number of anilines is 1. The number of imidazole rings is 1. The molecule has 0 bridgehead atoms. The Morgan fingerprint density at radius 2 is 2.23 bits per heavy atom. The molecule has 1 aromatic carbocycles. The number of amides is 2. The molecule has 0 aliphatic carbocycles. The number of carbonyl (C=O) groups excluding carboxylic acids is 1. The number of hydrogen-bond acceptors (Lipinski definition) is 4. The Labute approximate surface area is 151 Å². The maximum atomic E-state index is 12.7. The van der Waals surface area contributed by atoms with Crippen molar-refractivity contribution in [2.75, 3.05) is 25.0 Å². The second kappa shape index (κ2) is 7.05. The van der Waals surface area contributed by atoms with Gasteiger partial charge in [-0.25, -0.2) is 9.78 Å². The number of rotatable bonds is 3. The van der Waals surface area contributed by atoms with Gasteiger partial charge < -0.3 is 23.9 Å². The molecule has 0 saturated carbocycles. The quantitative estimate of drug-likeness (QED) is 0.785. The number of nitrogens with zero attached hydrogens (tertiary/aromatic N) is 3. The van der Waals surface area contributed by atoms with Crippen LogP contribution >= 0.6 is 0 Å². The van der Waals surface area contributed by atoms with Gasteiger partial charge in [-0.15, -0.1) is 0 Å². The Morgan fingerprint density at radius 1 is 1.31 bits per heavy atom. The number of hydrogen-bond donors (Lipinski definition) is 1. The Bertz CT molecular complexity index is 888. The van der Waals surface area contributed by atoms with Crippen LogP contribution in [0.15, 0.2) is 59.5 Å². The van der Waals surface area contributed by atoms with Crippen LogP contribution in [0.2, 0.25) is 0 Å². The summed E-state index contributed by atoms with van der Waals surface area (Å²) < 4.78 is 13.0. The third kappa shape index (κ3) is 3.34. The van der Waals surface area contributed by atoms with Crippen molar-refractivity contribution in [3.63, 3.8) is 0 Å². The first kappa shape index (κ1) is 16.4. The Balaban J connectivity index is 1.45. The van der Waals surface area contributed by atoms with Crippen LogP contribution in [0.5, 0.6) is 0 Å². The lowest BCUT2D eigenvalue weighted by molar-refractivity contribution is -0.0242. The second-order valence-electron chi connectivity index (χ2n) is 6.19. The minimum Gasteiger partial charge on any atom is -0.467 e. The van der Waals surface area contributed by atoms with Gasteiger partial charge in [0.1, 0.15) is 17.7 Å². The van der Waals surface area contributed by atoms with Gasteiger partial charge in [-0.2, -0.15) is 0 Å². The summed E-state index contributed by atoms with van der Waals surface area (Å²) in [5.74, 6) is 1.59. The van der Waals surface area contributed by atoms with E-state index in [1.54, 1.807) is 17.4 Å². The van der Waals surface area contributed by atoms with E-state index in [0.29, 0.717) is 19.7 Å². The number of ether oxygens (including phenoxy) is 1. The highest BCUT2D eigenvalue weighted by Crippen LogP contribution is 2.24. The van der Waals surface area contributed by atoms with Gasteiger partial charge in [-0.05, 0) is 24.3 Å². The smallest absolute Gasteiger partial charge is 0.322 e. The van der Waals surface area contributed by atoms with Crippen LogP contribution in [-0.4, -0.2) is 40.2 Å². The zero-order chi connectivity index (χ0) is 17.9. The van der Waals surface area contributed by atoms with E-state index in [1.165, 1.54) is 0 Å². The average molecular weight is 352 g/mol. The van der Waals surface area contributed by atoms with E-state index in [9.17, 15) is 4.79 Å². The highest BCUT2D eigenvalue weighted by atomic mass is 16.5. The lowest BCUT2D eigenvalue weighted by Gasteiger charge is -2.32. The first-order valence-electron chi connectivity index (χ1n) is 8.49. The van der Waals surface area contributed by atoms with E-state index in [4.69, 9.17) is 9.15 Å². The van der Waals surface area contributed by atoms with Gasteiger partial charge in [0.2, 0.25) is 0 Å². The second-order valence-corrected chi connectivity index (χ2v) is 6.19. The van der Waals surface area contributed by atoms with Crippen molar-refractivity contribution in [2.45, 2.75) is 6.10 Å². The van der Waals surface area contributed by atoms with Crippen LogP contribution < -0.4 is 5.32 Å². The van der Waals surface area contributed by atoms with Gasteiger partial charge >= 0.3 is 6.03 Å². The molecule has 7 nitrogen and oxygen atoms in total. The van der Waals surface area contributed by atoms with Crippen molar-refractivity contribution in [3.8, 4) is 11.4 Å². The molecular formula is C19H20N4O3. The molecule has 26 heavy (non-hydrogen) atoms. The number of aryl methyl sites for hydroxylation is 1. The van der Waals surface area contributed by atoms with Crippen LogP contribution in [0, 0.1) is 0 Å². The van der Waals surface area contributed by atoms with Gasteiger partial charge in [-0.3, -0.25) is 0 Å². The number of nitrogens with one attached hydrogen (secondary N) is 1. The molecule has 3 heterocycles. The van der Waals surface area contributed by atoms with Gasteiger partial charge in [0, 0.05) is 37.2 Å². The Hall–Kier alpha value is -3.06.